The smallest absolute Gasteiger partial charge is 0.232 e. The molecule has 0 saturated heterocycles. The first-order valence-electron chi connectivity index (χ1n) is 5.83. The summed E-state index contributed by atoms with van der Waals surface area (Å²) < 4.78 is 152. The monoisotopic (exact) mass is 378 g/mol. The molecule has 3 unspecified atom stereocenters. The van der Waals surface area contributed by atoms with Crippen LogP contribution in [0.4, 0.5) is 52.7 Å². The maximum Gasteiger partial charge on any atom is 0.423 e. The van der Waals surface area contributed by atoms with E-state index in [2.05, 4.69) is 0 Å². The Labute approximate surface area is 126 Å². The molecule has 0 radical (unpaired) electrons. The van der Waals surface area contributed by atoms with E-state index in [1.165, 1.54) is 0 Å². The summed E-state index contributed by atoms with van der Waals surface area (Å²) in [5.41, 5.74) is -6.52. The summed E-state index contributed by atoms with van der Waals surface area (Å²) in [4.78, 5) is 0. The van der Waals surface area contributed by atoms with Gasteiger partial charge in [-0.15, -0.1) is 0 Å². The highest BCUT2D eigenvalue weighted by molar-refractivity contribution is 5.41. The molecule has 138 valence electrons. The Morgan fingerprint density at radius 1 is 0.542 bits per heavy atom. The van der Waals surface area contributed by atoms with E-state index in [9.17, 15) is 52.7 Å². The van der Waals surface area contributed by atoms with Crippen molar-refractivity contribution in [3.63, 3.8) is 0 Å². The fourth-order valence-electron chi connectivity index (χ4n) is 1.85. The number of benzene rings is 1. The molecule has 0 fully saturated rings. The van der Waals surface area contributed by atoms with Crippen LogP contribution in [-0.4, -0.2) is 18.5 Å². The lowest BCUT2D eigenvalue weighted by Gasteiger charge is -2.24. The maximum atomic E-state index is 13.5. The molecule has 0 spiro atoms. The van der Waals surface area contributed by atoms with E-state index in [1.54, 1.807) is 0 Å². The van der Waals surface area contributed by atoms with Gasteiger partial charge in [0.1, 0.15) is 0 Å². The van der Waals surface area contributed by atoms with Crippen LogP contribution >= 0.6 is 0 Å². The molecule has 3 atom stereocenters. The molecule has 24 heavy (non-hydrogen) atoms. The van der Waals surface area contributed by atoms with Gasteiger partial charge in [-0.05, 0) is 0 Å². The fourth-order valence-corrected chi connectivity index (χ4v) is 1.85. The lowest BCUT2D eigenvalue weighted by atomic mass is 9.91. The Morgan fingerprint density at radius 2 is 0.833 bits per heavy atom. The molecule has 12 heteroatoms. The van der Waals surface area contributed by atoms with Gasteiger partial charge in [-0.1, -0.05) is 18.2 Å². The van der Waals surface area contributed by atoms with E-state index in [0.717, 1.165) is 0 Å². The summed E-state index contributed by atoms with van der Waals surface area (Å²) in [6, 6.07) is 0.296. The van der Waals surface area contributed by atoms with Crippen molar-refractivity contribution in [1.29, 1.82) is 0 Å². The minimum Gasteiger partial charge on any atom is -0.232 e. The van der Waals surface area contributed by atoms with E-state index < -0.39 is 53.7 Å². The van der Waals surface area contributed by atoms with Crippen LogP contribution in [-0.2, 0) is 0 Å². The second-order valence-electron chi connectivity index (χ2n) is 4.56. The summed E-state index contributed by atoms with van der Waals surface area (Å²) >= 11 is 0. The van der Waals surface area contributed by atoms with Crippen LogP contribution in [0.1, 0.15) is 35.2 Å². The zero-order chi connectivity index (χ0) is 19.1. The summed E-state index contributed by atoms with van der Waals surface area (Å²) in [6.45, 7) is 0. The largest absolute Gasteiger partial charge is 0.423 e. The minimum absolute atomic E-state index is 0.0123. The van der Waals surface area contributed by atoms with E-state index in [-0.39, 0.29) is 18.2 Å². The molecular formula is C12H6F12. The Kier molecular flexibility index (Phi) is 5.41. The Bertz CT molecular complexity index is 529. The van der Waals surface area contributed by atoms with Gasteiger partial charge in [-0.2, -0.15) is 39.5 Å². The number of rotatable bonds is 3. The summed E-state index contributed by atoms with van der Waals surface area (Å²) in [6.07, 6.45) is -30.5. The lowest BCUT2D eigenvalue weighted by Crippen LogP contribution is -2.26. The molecule has 0 aromatic heterocycles. The van der Waals surface area contributed by atoms with E-state index in [0.29, 0.717) is 0 Å². The SMILES string of the molecule is FC(c1cccc(C(F)C(F)(F)F)c1C(F)C(F)(F)F)C(F)(F)F. The van der Waals surface area contributed by atoms with Gasteiger partial charge < -0.3 is 0 Å². The van der Waals surface area contributed by atoms with E-state index in [4.69, 9.17) is 0 Å². The highest BCUT2D eigenvalue weighted by atomic mass is 19.4. The highest BCUT2D eigenvalue weighted by Crippen LogP contribution is 2.48. The van der Waals surface area contributed by atoms with Crippen molar-refractivity contribution in [2.24, 2.45) is 0 Å². The molecule has 1 aromatic carbocycles. The number of halogens is 12. The van der Waals surface area contributed by atoms with Crippen LogP contribution < -0.4 is 0 Å². The van der Waals surface area contributed by atoms with Gasteiger partial charge in [0, 0.05) is 16.7 Å². The number of alkyl halides is 12. The molecule has 1 aromatic rings. The third kappa shape index (κ3) is 4.26. The molecule has 0 saturated carbocycles. The van der Waals surface area contributed by atoms with Gasteiger partial charge in [0.05, 0.1) is 0 Å². The van der Waals surface area contributed by atoms with Gasteiger partial charge in [0.25, 0.3) is 0 Å². The van der Waals surface area contributed by atoms with Crippen molar-refractivity contribution in [3.05, 3.63) is 34.9 Å². The van der Waals surface area contributed by atoms with Crippen LogP contribution in [0.25, 0.3) is 0 Å². The summed E-state index contributed by atoms with van der Waals surface area (Å²) in [5.74, 6) is 0. The van der Waals surface area contributed by atoms with E-state index >= 15 is 0 Å². The van der Waals surface area contributed by atoms with Gasteiger partial charge in [0.15, 0.2) is 0 Å². The molecule has 0 aliphatic carbocycles. The van der Waals surface area contributed by atoms with Crippen LogP contribution in [0.3, 0.4) is 0 Å². The average molecular weight is 378 g/mol. The molecule has 0 heterocycles. The van der Waals surface area contributed by atoms with E-state index in [1.807, 2.05) is 0 Å². The first-order valence-corrected chi connectivity index (χ1v) is 5.83. The predicted octanol–water partition coefficient (Wildman–Crippen LogP) is 6.41. The maximum absolute atomic E-state index is 13.5. The number of hydrogen-bond acceptors (Lipinski definition) is 0. The van der Waals surface area contributed by atoms with Gasteiger partial charge >= 0.3 is 18.5 Å². The molecular weight excluding hydrogens is 372 g/mol. The van der Waals surface area contributed by atoms with Gasteiger partial charge in [-0.25, -0.2) is 13.2 Å². The zero-order valence-electron chi connectivity index (χ0n) is 11.0. The van der Waals surface area contributed by atoms with Crippen molar-refractivity contribution >= 4 is 0 Å². The molecule has 1 rings (SSSR count). The first-order chi connectivity index (χ1) is 10.6. The van der Waals surface area contributed by atoms with Crippen molar-refractivity contribution in [2.75, 3.05) is 0 Å². The normalized spacial score (nSPS) is 17.5. The zero-order valence-corrected chi connectivity index (χ0v) is 11.0. The first kappa shape index (κ1) is 20.4. The average Bonchev–Trinajstić information content (AvgIpc) is 2.41. The number of hydrogen-bond donors (Lipinski definition) is 0. The summed E-state index contributed by atoms with van der Waals surface area (Å²) in [7, 11) is 0. The van der Waals surface area contributed by atoms with Crippen LogP contribution in [0, 0.1) is 0 Å². The molecule has 0 nitrogen and oxygen atoms in total. The van der Waals surface area contributed by atoms with Crippen LogP contribution in [0.15, 0.2) is 18.2 Å². The van der Waals surface area contributed by atoms with Gasteiger partial charge in [-0.3, -0.25) is 0 Å². The molecule has 0 N–H and O–H groups in total. The van der Waals surface area contributed by atoms with Crippen molar-refractivity contribution < 1.29 is 52.7 Å². The summed E-state index contributed by atoms with van der Waals surface area (Å²) in [5, 5.41) is 0. The highest BCUT2D eigenvalue weighted by Gasteiger charge is 2.51. The predicted molar refractivity (Wildman–Crippen MR) is 56.2 cm³/mol. The quantitative estimate of drug-likeness (QED) is 0.534. The third-order valence-electron chi connectivity index (χ3n) is 2.84. The lowest BCUT2D eigenvalue weighted by molar-refractivity contribution is -0.194. The van der Waals surface area contributed by atoms with Crippen LogP contribution in [0.2, 0.25) is 0 Å². The topological polar surface area (TPSA) is 0 Å². The standard InChI is InChI=1S/C12H6F12/c13-7(10(16,17)18)4-2-1-3-5(8(14)11(19,20)21)6(4)9(15)12(22,23)24/h1-3,7-9H. The Hall–Kier alpha value is -1.62. The third-order valence-corrected chi connectivity index (χ3v) is 2.84. The Balaban J connectivity index is 3.68. The molecule has 0 bridgehead atoms. The van der Waals surface area contributed by atoms with Crippen molar-refractivity contribution in [2.45, 2.75) is 37.0 Å². The minimum atomic E-state index is -5.97. The van der Waals surface area contributed by atoms with Crippen molar-refractivity contribution in [3.8, 4) is 0 Å². The molecule has 0 amide bonds. The molecule has 0 aliphatic heterocycles. The second kappa shape index (κ2) is 6.36. The van der Waals surface area contributed by atoms with Gasteiger partial charge in [0.2, 0.25) is 18.5 Å². The van der Waals surface area contributed by atoms with Crippen LogP contribution in [0.5, 0.6) is 0 Å². The van der Waals surface area contributed by atoms with Crippen molar-refractivity contribution in [1.82, 2.24) is 0 Å². The molecule has 0 aliphatic rings. The second-order valence-corrected chi connectivity index (χ2v) is 4.56. The fraction of sp³-hybridized carbons (Fsp3) is 0.500. The Morgan fingerprint density at radius 3 is 1.08 bits per heavy atom.